The SMILES string of the molecule is CCc1c(C(=O)NCCCN2CCCCCC2=O)cnn1-c1ccc(OC)nn1. The summed E-state index contributed by atoms with van der Waals surface area (Å²) in [5.41, 5.74) is 1.29. The van der Waals surface area contributed by atoms with E-state index in [0.717, 1.165) is 37.9 Å². The van der Waals surface area contributed by atoms with E-state index in [4.69, 9.17) is 4.74 Å². The van der Waals surface area contributed by atoms with Gasteiger partial charge in [-0.25, -0.2) is 4.68 Å². The fraction of sp³-hybridized carbons (Fsp3) is 0.550. The lowest BCUT2D eigenvalue weighted by Crippen LogP contribution is -2.34. The molecule has 1 saturated heterocycles. The Bertz CT molecular complexity index is 833. The molecule has 3 heterocycles. The number of amides is 2. The number of nitrogens with one attached hydrogen (secondary N) is 1. The van der Waals surface area contributed by atoms with E-state index in [0.29, 0.717) is 43.2 Å². The number of ether oxygens (including phenoxy) is 1. The zero-order valence-corrected chi connectivity index (χ0v) is 17.1. The molecule has 156 valence electrons. The van der Waals surface area contributed by atoms with Gasteiger partial charge >= 0.3 is 0 Å². The van der Waals surface area contributed by atoms with Crippen molar-refractivity contribution in [3.63, 3.8) is 0 Å². The number of hydrogen-bond donors (Lipinski definition) is 1. The zero-order valence-electron chi connectivity index (χ0n) is 17.1. The molecule has 1 N–H and O–H groups in total. The van der Waals surface area contributed by atoms with Crippen molar-refractivity contribution in [2.75, 3.05) is 26.7 Å². The molecule has 3 rings (SSSR count). The molecule has 1 aliphatic heterocycles. The third-order valence-electron chi connectivity index (χ3n) is 5.06. The van der Waals surface area contributed by atoms with Crippen molar-refractivity contribution >= 4 is 11.8 Å². The Kier molecular flexibility index (Phi) is 7.15. The maximum absolute atomic E-state index is 12.6. The summed E-state index contributed by atoms with van der Waals surface area (Å²) in [6.07, 6.45) is 6.70. The summed E-state index contributed by atoms with van der Waals surface area (Å²) in [6, 6.07) is 3.45. The number of hydrogen-bond acceptors (Lipinski definition) is 6. The van der Waals surface area contributed by atoms with Crippen LogP contribution < -0.4 is 10.1 Å². The number of nitrogens with zero attached hydrogens (tertiary/aromatic N) is 5. The average Bonchev–Trinajstić information content (AvgIpc) is 3.08. The van der Waals surface area contributed by atoms with Crippen molar-refractivity contribution in [2.45, 2.75) is 45.4 Å². The fourth-order valence-electron chi connectivity index (χ4n) is 3.48. The molecular weight excluding hydrogens is 372 g/mol. The predicted molar refractivity (Wildman–Crippen MR) is 107 cm³/mol. The second kappa shape index (κ2) is 9.99. The minimum absolute atomic E-state index is 0.170. The van der Waals surface area contributed by atoms with E-state index in [1.165, 1.54) is 7.11 Å². The van der Waals surface area contributed by atoms with E-state index < -0.39 is 0 Å². The summed E-state index contributed by atoms with van der Waals surface area (Å²) >= 11 is 0. The van der Waals surface area contributed by atoms with Gasteiger partial charge in [0.05, 0.1) is 24.6 Å². The van der Waals surface area contributed by atoms with Crippen LogP contribution in [0.1, 0.15) is 55.1 Å². The van der Waals surface area contributed by atoms with Crippen LogP contribution in [0, 0.1) is 0 Å². The second-order valence-electron chi connectivity index (χ2n) is 7.01. The molecule has 0 atom stereocenters. The number of carbonyl (C=O) groups excluding carboxylic acids is 2. The lowest BCUT2D eigenvalue weighted by molar-refractivity contribution is -0.130. The van der Waals surface area contributed by atoms with Crippen LogP contribution in [0.15, 0.2) is 18.3 Å². The molecule has 9 heteroatoms. The van der Waals surface area contributed by atoms with Gasteiger partial charge in [-0.1, -0.05) is 13.3 Å². The topological polar surface area (TPSA) is 102 Å². The molecule has 2 amide bonds. The molecule has 9 nitrogen and oxygen atoms in total. The lowest BCUT2D eigenvalue weighted by atomic mass is 10.2. The van der Waals surface area contributed by atoms with Gasteiger partial charge in [0.15, 0.2) is 5.82 Å². The molecule has 0 bridgehead atoms. The van der Waals surface area contributed by atoms with Gasteiger partial charge in [0.2, 0.25) is 11.8 Å². The van der Waals surface area contributed by atoms with Crippen LogP contribution in [0.2, 0.25) is 0 Å². The van der Waals surface area contributed by atoms with E-state index in [2.05, 4.69) is 20.6 Å². The van der Waals surface area contributed by atoms with Gasteiger partial charge < -0.3 is 15.0 Å². The number of rotatable bonds is 8. The number of carbonyl (C=O) groups is 2. The molecule has 0 aliphatic carbocycles. The minimum Gasteiger partial charge on any atom is -0.480 e. The summed E-state index contributed by atoms with van der Waals surface area (Å²) in [5.74, 6) is 1.00. The number of aromatic nitrogens is 4. The second-order valence-corrected chi connectivity index (χ2v) is 7.01. The third-order valence-corrected chi connectivity index (χ3v) is 5.06. The Morgan fingerprint density at radius 1 is 1.24 bits per heavy atom. The molecule has 1 aliphatic rings. The van der Waals surface area contributed by atoms with Crippen LogP contribution in [0.3, 0.4) is 0 Å². The smallest absolute Gasteiger partial charge is 0.254 e. The quantitative estimate of drug-likeness (QED) is 0.678. The van der Waals surface area contributed by atoms with Crippen LogP contribution in [-0.2, 0) is 11.2 Å². The van der Waals surface area contributed by atoms with Crippen LogP contribution in [-0.4, -0.2) is 63.4 Å². The Labute approximate surface area is 170 Å². The van der Waals surface area contributed by atoms with Crippen molar-refractivity contribution in [1.29, 1.82) is 0 Å². The van der Waals surface area contributed by atoms with Gasteiger partial charge in [0.25, 0.3) is 5.91 Å². The largest absolute Gasteiger partial charge is 0.480 e. The maximum Gasteiger partial charge on any atom is 0.254 e. The van der Waals surface area contributed by atoms with Crippen molar-refractivity contribution in [3.8, 4) is 11.7 Å². The summed E-state index contributed by atoms with van der Waals surface area (Å²) in [4.78, 5) is 26.6. The highest BCUT2D eigenvalue weighted by atomic mass is 16.5. The molecule has 0 unspecified atom stereocenters. The van der Waals surface area contributed by atoms with Crippen molar-refractivity contribution < 1.29 is 14.3 Å². The molecule has 0 spiro atoms. The van der Waals surface area contributed by atoms with Crippen molar-refractivity contribution in [2.24, 2.45) is 0 Å². The Hall–Kier alpha value is -2.97. The number of methoxy groups -OCH3 is 1. The van der Waals surface area contributed by atoms with E-state index in [-0.39, 0.29) is 11.8 Å². The van der Waals surface area contributed by atoms with Crippen molar-refractivity contribution in [1.82, 2.24) is 30.2 Å². The fourth-order valence-corrected chi connectivity index (χ4v) is 3.48. The molecule has 0 radical (unpaired) electrons. The molecule has 2 aromatic heterocycles. The standard InChI is InChI=1S/C20H28N6O3/c1-3-16-15(14-22-26(16)17-9-10-18(29-2)24-23-17)20(28)21-11-7-13-25-12-6-4-5-8-19(25)27/h9-10,14H,3-8,11-13H2,1-2H3,(H,21,28). The predicted octanol–water partition coefficient (Wildman–Crippen LogP) is 1.76. The third kappa shape index (κ3) is 5.10. The van der Waals surface area contributed by atoms with Crippen LogP contribution >= 0.6 is 0 Å². The summed E-state index contributed by atoms with van der Waals surface area (Å²) in [5, 5.41) is 15.3. The first-order valence-corrected chi connectivity index (χ1v) is 10.1. The number of likely N-dealkylation sites (tertiary alicyclic amines) is 1. The van der Waals surface area contributed by atoms with E-state index in [1.54, 1.807) is 23.0 Å². The first kappa shape index (κ1) is 20.8. The van der Waals surface area contributed by atoms with E-state index >= 15 is 0 Å². The lowest BCUT2D eigenvalue weighted by Gasteiger charge is -2.20. The highest BCUT2D eigenvalue weighted by Gasteiger charge is 2.19. The molecule has 0 aromatic carbocycles. The molecule has 29 heavy (non-hydrogen) atoms. The van der Waals surface area contributed by atoms with Crippen LogP contribution in [0.25, 0.3) is 5.82 Å². The van der Waals surface area contributed by atoms with Gasteiger partial charge in [-0.05, 0) is 31.7 Å². The molecule has 0 saturated carbocycles. The average molecular weight is 400 g/mol. The summed E-state index contributed by atoms with van der Waals surface area (Å²) in [7, 11) is 1.53. The molecule has 2 aromatic rings. The minimum atomic E-state index is -0.170. The van der Waals surface area contributed by atoms with Crippen molar-refractivity contribution in [3.05, 3.63) is 29.6 Å². The maximum atomic E-state index is 12.6. The van der Waals surface area contributed by atoms with Gasteiger partial charge in [0, 0.05) is 32.1 Å². The van der Waals surface area contributed by atoms with Crippen LogP contribution in [0.5, 0.6) is 5.88 Å². The van der Waals surface area contributed by atoms with Crippen LogP contribution in [0.4, 0.5) is 0 Å². The van der Waals surface area contributed by atoms with Gasteiger partial charge in [0.1, 0.15) is 0 Å². The van der Waals surface area contributed by atoms with E-state index in [9.17, 15) is 9.59 Å². The Morgan fingerprint density at radius 3 is 2.83 bits per heavy atom. The summed E-state index contributed by atoms with van der Waals surface area (Å²) < 4.78 is 6.65. The Balaban J connectivity index is 1.57. The van der Waals surface area contributed by atoms with Gasteiger partial charge in [-0.2, -0.15) is 5.10 Å². The van der Waals surface area contributed by atoms with Gasteiger partial charge in [-0.15, -0.1) is 10.2 Å². The highest BCUT2D eigenvalue weighted by molar-refractivity contribution is 5.95. The first-order valence-electron chi connectivity index (χ1n) is 10.1. The zero-order chi connectivity index (χ0) is 20.6. The highest BCUT2D eigenvalue weighted by Crippen LogP contribution is 2.15. The first-order chi connectivity index (χ1) is 14.1. The normalized spacial score (nSPS) is 14.6. The molecular formula is C20H28N6O3. The molecule has 1 fully saturated rings. The summed E-state index contributed by atoms with van der Waals surface area (Å²) in [6.45, 7) is 3.98. The van der Waals surface area contributed by atoms with Gasteiger partial charge in [-0.3, -0.25) is 9.59 Å². The Morgan fingerprint density at radius 2 is 2.10 bits per heavy atom. The monoisotopic (exact) mass is 400 g/mol. The van der Waals surface area contributed by atoms with E-state index in [1.807, 2.05) is 11.8 Å².